The molecule has 2 aliphatic rings. The minimum atomic E-state index is -0.739. The molecule has 6 heteroatoms. The Morgan fingerprint density at radius 3 is 2.18 bits per heavy atom. The fourth-order valence-corrected chi connectivity index (χ4v) is 3.60. The van der Waals surface area contributed by atoms with Crippen molar-refractivity contribution in [2.75, 3.05) is 7.11 Å². The Morgan fingerprint density at radius 2 is 1.64 bits per heavy atom. The number of aliphatic hydroxyl groups excluding tert-OH is 2. The van der Waals surface area contributed by atoms with Crippen molar-refractivity contribution in [3.05, 3.63) is 0 Å². The number of piperidine rings is 1. The molecule has 0 aromatic rings. The van der Waals surface area contributed by atoms with Crippen molar-refractivity contribution in [1.29, 1.82) is 0 Å². The van der Waals surface area contributed by atoms with Crippen LogP contribution in [0.4, 0.5) is 0 Å². The van der Waals surface area contributed by atoms with Crippen molar-refractivity contribution in [3.63, 3.8) is 0 Å². The molecule has 0 aromatic heterocycles. The van der Waals surface area contributed by atoms with Gasteiger partial charge in [-0.25, -0.2) is 0 Å². The maximum absolute atomic E-state index is 12.2. The highest BCUT2D eigenvalue weighted by molar-refractivity contribution is 5.97. The molecule has 2 rings (SSSR count). The standard InChI is InChI=1S/C15H23NO4.CH4O/c1-8-3-9(2)15(20)11(4-8)12(17)5-10-6-13(18)16-14(19)7-10;1-2/h8-12,17H,3-7H2,1-2H3,(H,16,18,19);2H,1H3/t8-,9-,11-,12+;/m0./s1. The van der Waals surface area contributed by atoms with E-state index < -0.39 is 6.10 Å². The van der Waals surface area contributed by atoms with Gasteiger partial charge in [-0.2, -0.15) is 0 Å². The number of aliphatic hydroxyl groups is 2. The van der Waals surface area contributed by atoms with Crippen LogP contribution in [0.3, 0.4) is 0 Å². The van der Waals surface area contributed by atoms with Crippen molar-refractivity contribution in [1.82, 2.24) is 5.32 Å². The van der Waals surface area contributed by atoms with Gasteiger partial charge >= 0.3 is 0 Å². The van der Waals surface area contributed by atoms with E-state index >= 15 is 0 Å². The molecule has 0 aromatic carbocycles. The normalized spacial score (nSPS) is 31.1. The van der Waals surface area contributed by atoms with E-state index in [1.54, 1.807) is 0 Å². The van der Waals surface area contributed by atoms with Gasteiger partial charge < -0.3 is 10.2 Å². The molecule has 1 heterocycles. The number of hydrogen-bond donors (Lipinski definition) is 3. The van der Waals surface area contributed by atoms with E-state index in [-0.39, 0.29) is 48.2 Å². The Bertz CT molecular complexity index is 407. The lowest BCUT2D eigenvalue weighted by molar-refractivity contribution is -0.136. The van der Waals surface area contributed by atoms with Gasteiger partial charge in [0.2, 0.25) is 11.8 Å². The van der Waals surface area contributed by atoms with Crippen molar-refractivity contribution in [3.8, 4) is 0 Å². The Kier molecular flexibility index (Phi) is 7.16. The Balaban J connectivity index is 0.00000116. The highest BCUT2D eigenvalue weighted by Crippen LogP contribution is 2.34. The van der Waals surface area contributed by atoms with Gasteiger partial charge in [0.05, 0.1) is 6.10 Å². The molecule has 1 saturated heterocycles. The van der Waals surface area contributed by atoms with Crippen LogP contribution >= 0.6 is 0 Å². The predicted octanol–water partition coefficient (Wildman–Crippen LogP) is 0.650. The molecular formula is C16H27NO5. The molecule has 1 aliphatic carbocycles. The zero-order chi connectivity index (χ0) is 16.9. The van der Waals surface area contributed by atoms with Crippen LogP contribution < -0.4 is 5.32 Å². The van der Waals surface area contributed by atoms with Crippen LogP contribution in [-0.2, 0) is 14.4 Å². The lowest BCUT2D eigenvalue weighted by atomic mass is 9.71. The molecule has 4 atom stereocenters. The molecule has 0 spiro atoms. The number of ketones is 1. The SMILES string of the molecule is CO.C[C@@H]1C[C@@H]([C@H](O)CC2CC(=O)NC(=O)C2)C(=O)[C@@H](C)C1. The van der Waals surface area contributed by atoms with Crippen LogP contribution in [-0.4, -0.2) is 41.0 Å². The summed E-state index contributed by atoms with van der Waals surface area (Å²) in [5, 5.41) is 19.6. The Hall–Kier alpha value is -1.27. The van der Waals surface area contributed by atoms with Gasteiger partial charge in [-0.3, -0.25) is 19.7 Å². The smallest absolute Gasteiger partial charge is 0.226 e. The summed E-state index contributed by atoms with van der Waals surface area (Å²) in [6.45, 7) is 4.01. The van der Waals surface area contributed by atoms with Crippen LogP contribution in [0.5, 0.6) is 0 Å². The highest BCUT2D eigenvalue weighted by Gasteiger charge is 2.38. The van der Waals surface area contributed by atoms with Gasteiger partial charge in [-0.05, 0) is 31.1 Å². The molecule has 1 aliphatic heterocycles. The Morgan fingerprint density at radius 1 is 1.09 bits per heavy atom. The zero-order valence-electron chi connectivity index (χ0n) is 13.5. The number of Topliss-reactive ketones (excluding diaryl/α,β-unsaturated/α-hetero) is 1. The van der Waals surface area contributed by atoms with Crippen molar-refractivity contribution in [2.45, 2.75) is 52.1 Å². The average Bonchev–Trinajstić information content (AvgIpc) is 2.43. The van der Waals surface area contributed by atoms with E-state index in [1.807, 2.05) is 6.92 Å². The summed E-state index contributed by atoms with van der Waals surface area (Å²) in [6.07, 6.45) is 1.72. The lowest BCUT2D eigenvalue weighted by Crippen LogP contribution is -2.42. The third-order valence-corrected chi connectivity index (χ3v) is 4.53. The molecule has 0 radical (unpaired) electrons. The molecule has 3 N–H and O–H groups in total. The molecule has 2 amide bonds. The minimum absolute atomic E-state index is 0.00492. The molecule has 2 fully saturated rings. The summed E-state index contributed by atoms with van der Waals surface area (Å²) < 4.78 is 0. The second-order valence-corrected chi connectivity index (χ2v) is 6.54. The van der Waals surface area contributed by atoms with E-state index in [0.717, 1.165) is 13.5 Å². The predicted molar refractivity (Wildman–Crippen MR) is 80.7 cm³/mol. The monoisotopic (exact) mass is 313 g/mol. The van der Waals surface area contributed by atoms with E-state index in [4.69, 9.17) is 5.11 Å². The largest absolute Gasteiger partial charge is 0.400 e. The molecular weight excluding hydrogens is 286 g/mol. The van der Waals surface area contributed by atoms with Crippen LogP contribution in [0.15, 0.2) is 0 Å². The van der Waals surface area contributed by atoms with E-state index in [2.05, 4.69) is 12.2 Å². The van der Waals surface area contributed by atoms with Crippen molar-refractivity contribution in [2.24, 2.45) is 23.7 Å². The quantitative estimate of drug-likeness (QED) is 0.664. The van der Waals surface area contributed by atoms with E-state index in [1.165, 1.54) is 0 Å². The molecule has 1 saturated carbocycles. The number of nitrogens with one attached hydrogen (secondary N) is 1. The first-order valence-corrected chi connectivity index (χ1v) is 7.86. The summed E-state index contributed by atoms with van der Waals surface area (Å²) in [5.74, 6) is -0.499. The first kappa shape index (κ1) is 18.8. The second-order valence-electron chi connectivity index (χ2n) is 6.54. The molecule has 0 unspecified atom stereocenters. The van der Waals surface area contributed by atoms with Crippen LogP contribution in [0.1, 0.15) is 46.0 Å². The average molecular weight is 313 g/mol. The molecule has 0 bridgehead atoms. The Labute approximate surface area is 131 Å². The summed E-state index contributed by atoms with van der Waals surface area (Å²) in [4.78, 5) is 34.8. The van der Waals surface area contributed by atoms with Gasteiger partial charge in [0.25, 0.3) is 0 Å². The lowest BCUT2D eigenvalue weighted by Gasteiger charge is -2.34. The van der Waals surface area contributed by atoms with Crippen molar-refractivity contribution < 1.29 is 24.6 Å². The molecule has 6 nitrogen and oxygen atoms in total. The number of rotatable bonds is 3. The number of amides is 2. The zero-order valence-corrected chi connectivity index (χ0v) is 13.5. The van der Waals surface area contributed by atoms with Crippen LogP contribution in [0, 0.1) is 23.7 Å². The third-order valence-electron chi connectivity index (χ3n) is 4.53. The number of carbonyl (C=O) groups excluding carboxylic acids is 3. The number of hydrogen-bond acceptors (Lipinski definition) is 5. The fourth-order valence-electron chi connectivity index (χ4n) is 3.60. The van der Waals surface area contributed by atoms with Crippen LogP contribution in [0.25, 0.3) is 0 Å². The van der Waals surface area contributed by atoms with Crippen molar-refractivity contribution >= 4 is 17.6 Å². The molecule has 126 valence electrons. The summed E-state index contributed by atoms with van der Waals surface area (Å²) in [5.41, 5.74) is 0. The highest BCUT2D eigenvalue weighted by atomic mass is 16.3. The summed E-state index contributed by atoms with van der Waals surface area (Å²) in [7, 11) is 1.00. The maximum atomic E-state index is 12.2. The van der Waals surface area contributed by atoms with Gasteiger partial charge in [-0.1, -0.05) is 13.8 Å². The van der Waals surface area contributed by atoms with E-state index in [0.29, 0.717) is 18.8 Å². The minimum Gasteiger partial charge on any atom is -0.400 e. The topological polar surface area (TPSA) is 104 Å². The van der Waals surface area contributed by atoms with Gasteiger partial charge in [-0.15, -0.1) is 0 Å². The summed E-state index contributed by atoms with van der Waals surface area (Å²) in [6, 6.07) is 0. The third kappa shape index (κ3) is 4.88. The van der Waals surface area contributed by atoms with Gasteiger partial charge in [0, 0.05) is 31.8 Å². The first-order chi connectivity index (χ1) is 10.4. The number of carbonyl (C=O) groups is 3. The fraction of sp³-hybridized carbons (Fsp3) is 0.812. The van der Waals surface area contributed by atoms with E-state index in [9.17, 15) is 19.5 Å². The number of imide groups is 1. The maximum Gasteiger partial charge on any atom is 0.226 e. The second kappa shape index (κ2) is 8.39. The first-order valence-electron chi connectivity index (χ1n) is 7.86. The summed E-state index contributed by atoms with van der Waals surface area (Å²) >= 11 is 0. The van der Waals surface area contributed by atoms with Crippen LogP contribution in [0.2, 0.25) is 0 Å². The van der Waals surface area contributed by atoms with Gasteiger partial charge in [0.15, 0.2) is 0 Å². The molecule has 22 heavy (non-hydrogen) atoms. The van der Waals surface area contributed by atoms with Gasteiger partial charge in [0.1, 0.15) is 5.78 Å².